The maximum Gasteiger partial charge on any atom is 0.0961 e. The molecule has 0 saturated carbocycles. The molecular weight excluding hydrogens is 296 g/mol. The van der Waals surface area contributed by atoms with Gasteiger partial charge in [-0.3, -0.25) is 0 Å². The monoisotopic (exact) mass is 308 g/mol. The predicted octanol–water partition coefficient (Wildman–Crippen LogP) is 4.27. The van der Waals surface area contributed by atoms with E-state index in [1.54, 1.807) is 11.3 Å². The second kappa shape index (κ2) is 4.56. The van der Waals surface area contributed by atoms with Crippen molar-refractivity contribution in [2.75, 3.05) is 0 Å². The van der Waals surface area contributed by atoms with E-state index in [1.807, 2.05) is 11.4 Å². The Balaban J connectivity index is 1.95. The Hall–Kier alpha value is -0.640. The number of hydrogen-bond acceptors (Lipinski definition) is 2. The quantitative estimate of drug-likeness (QED) is 0.878. The molecule has 0 bridgehead atoms. The number of aliphatic hydroxyl groups excluding tert-OH is 1. The van der Waals surface area contributed by atoms with Crippen LogP contribution in [-0.2, 0) is 6.42 Å². The molecule has 2 atom stereocenters. The third-order valence-corrected chi connectivity index (χ3v) is 5.42. The highest BCUT2D eigenvalue weighted by molar-refractivity contribution is 9.10. The molecule has 1 aliphatic rings. The van der Waals surface area contributed by atoms with Crippen molar-refractivity contribution < 1.29 is 5.11 Å². The van der Waals surface area contributed by atoms with Crippen LogP contribution in [0.25, 0.3) is 0 Å². The summed E-state index contributed by atoms with van der Waals surface area (Å²) in [5.41, 5.74) is 2.71. The maximum absolute atomic E-state index is 10.5. The van der Waals surface area contributed by atoms with Gasteiger partial charge in [0.1, 0.15) is 0 Å². The van der Waals surface area contributed by atoms with E-state index in [-0.39, 0.29) is 12.0 Å². The van der Waals surface area contributed by atoms with E-state index in [1.165, 1.54) is 11.1 Å². The van der Waals surface area contributed by atoms with Crippen molar-refractivity contribution in [3.63, 3.8) is 0 Å². The van der Waals surface area contributed by atoms with Crippen LogP contribution in [0.3, 0.4) is 0 Å². The first-order valence-corrected chi connectivity index (χ1v) is 7.43. The number of hydrogen-bond donors (Lipinski definition) is 1. The number of fused-ring (bicyclic) bond motifs is 1. The Bertz CT molecular complexity index is 535. The van der Waals surface area contributed by atoms with Crippen molar-refractivity contribution in [1.82, 2.24) is 0 Å². The number of thiophene rings is 1. The largest absolute Gasteiger partial charge is 0.387 e. The van der Waals surface area contributed by atoms with Gasteiger partial charge in [-0.1, -0.05) is 24.3 Å². The Morgan fingerprint density at radius 2 is 2.12 bits per heavy atom. The highest BCUT2D eigenvalue weighted by Crippen LogP contribution is 2.44. The molecule has 1 aliphatic carbocycles. The minimum atomic E-state index is -0.381. The molecule has 0 spiro atoms. The highest BCUT2D eigenvalue weighted by Gasteiger charge is 2.30. The topological polar surface area (TPSA) is 20.2 Å². The van der Waals surface area contributed by atoms with Crippen molar-refractivity contribution >= 4 is 27.3 Å². The molecule has 3 rings (SSSR count). The third kappa shape index (κ3) is 1.96. The summed E-state index contributed by atoms with van der Waals surface area (Å²) in [6.07, 6.45) is 1.75. The summed E-state index contributed by atoms with van der Waals surface area (Å²) in [7, 11) is 0. The first-order chi connectivity index (χ1) is 8.27. The Kier molecular flexibility index (Phi) is 3.07. The van der Waals surface area contributed by atoms with E-state index in [9.17, 15) is 5.11 Å². The van der Waals surface area contributed by atoms with Gasteiger partial charge in [-0.15, -0.1) is 11.3 Å². The summed E-state index contributed by atoms with van der Waals surface area (Å²) in [6, 6.07) is 10.5. The van der Waals surface area contributed by atoms with Crippen LogP contribution in [0.1, 0.15) is 34.4 Å². The number of benzene rings is 1. The summed E-state index contributed by atoms with van der Waals surface area (Å²) in [4.78, 5) is 1.05. The normalized spacial score (nSPS) is 20.2. The van der Waals surface area contributed by atoms with Crippen molar-refractivity contribution in [3.8, 4) is 0 Å². The molecule has 88 valence electrons. The van der Waals surface area contributed by atoms with Gasteiger partial charge in [0.2, 0.25) is 0 Å². The lowest BCUT2D eigenvalue weighted by molar-refractivity contribution is 0.148. The SMILES string of the molecule is OC(c1sccc1Br)C1CCc2ccccc21. The lowest BCUT2D eigenvalue weighted by Gasteiger charge is -2.18. The fourth-order valence-corrected chi connectivity index (χ4v) is 4.27. The van der Waals surface area contributed by atoms with Gasteiger partial charge in [0.25, 0.3) is 0 Å². The smallest absolute Gasteiger partial charge is 0.0961 e. The van der Waals surface area contributed by atoms with Crippen molar-refractivity contribution in [2.45, 2.75) is 24.9 Å². The van der Waals surface area contributed by atoms with Gasteiger partial charge in [-0.05, 0) is 51.3 Å². The van der Waals surface area contributed by atoms with Crippen LogP contribution >= 0.6 is 27.3 Å². The lowest BCUT2D eigenvalue weighted by Crippen LogP contribution is -2.07. The van der Waals surface area contributed by atoms with Gasteiger partial charge in [-0.25, -0.2) is 0 Å². The molecule has 0 saturated heterocycles. The molecular formula is C14H13BrOS. The molecule has 3 heteroatoms. The van der Waals surface area contributed by atoms with Gasteiger partial charge in [0, 0.05) is 15.3 Å². The number of rotatable bonds is 2. The van der Waals surface area contributed by atoms with E-state index in [0.717, 1.165) is 22.2 Å². The molecule has 0 amide bonds. The third-order valence-electron chi connectivity index (χ3n) is 3.47. The molecule has 0 fully saturated rings. The zero-order valence-electron chi connectivity index (χ0n) is 9.27. The zero-order chi connectivity index (χ0) is 11.8. The summed E-state index contributed by atoms with van der Waals surface area (Å²) < 4.78 is 1.03. The molecule has 2 unspecified atom stereocenters. The number of aliphatic hydroxyl groups is 1. The molecule has 1 nitrogen and oxygen atoms in total. The first kappa shape index (κ1) is 11.5. The van der Waals surface area contributed by atoms with E-state index in [2.05, 4.69) is 40.2 Å². The van der Waals surface area contributed by atoms with Crippen LogP contribution < -0.4 is 0 Å². The van der Waals surface area contributed by atoms with Gasteiger partial charge in [-0.2, -0.15) is 0 Å². The first-order valence-electron chi connectivity index (χ1n) is 5.76. The second-order valence-electron chi connectivity index (χ2n) is 4.42. The number of aryl methyl sites for hydroxylation is 1. The molecule has 1 aromatic carbocycles. The van der Waals surface area contributed by atoms with E-state index in [0.29, 0.717) is 0 Å². The highest BCUT2D eigenvalue weighted by atomic mass is 79.9. The summed E-state index contributed by atoms with van der Waals surface area (Å²) in [6.45, 7) is 0. The van der Waals surface area contributed by atoms with Crippen molar-refractivity contribution in [3.05, 3.63) is 56.2 Å². The van der Waals surface area contributed by atoms with Crippen molar-refractivity contribution in [1.29, 1.82) is 0 Å². The van der Waals surface area contributed by atoms with E-state index in [4.69, 9.17) is 0 Å². The van der Waals surface area contributed by atoms with Crippen LogP contribution in [0.2, 0.25) is 0 Å². The van der Waals surface area contributed by atoms with Crippen LogP contribution in [0.15, 0.2) is 40.2 Å². The second-order valence-corrected chi connectivity index (χ2v) is 6.22. The van der Waals surface area contributed by atoms with Crippen molar-refractivity contribution in [2.24, 2.45) is 0 Å². The zero-order valence-corrected chi connectivity index (χ0v) is 11.7. The molecule has 2 aromatic rings. The maximum atomic E-state index is 10.5. The molecule has 1 aromatic heterocycles. The lowest BCUT2D eigenvalue weighted by atomic mass is 9.94. The fourth-order valence-electron chi connectivity index (χ4n) is 2.62. The standard InChI is InChI=1S/C14H13BrOS/c15-12-7-8-17-14(12)13(16)11-6-5-9-3-1-2-4-10(9)11/h1-4,7-8,11,13,16H,5-6H2. The average Bonchev–Trinajstić information content (AvgIpc) is 2.94. The minimum absolute atomic E-state index is 0.251. The predicted molar refractivity (Wildman–Crippen MR) is 74.5 cm³/mol. The molecule has 0 aliphatic heterocycles. The van der Waals surface area contributed by atoms with Crippen LogP contribution in [0.5, 0.6) is 0 Å². The average molecular weight is 309 g/mol. The van der Waals surface area contributed by atoms with Crippen LogP contribution in [0, 0.1) is 0 Å². The molecule has 1 heterocycles. The summed E-state index contributed by atoms with van der Waals surface area (Å²) in [5.74, 6) is 0.251. The Labute approximate surface area is 113 Å². The van der Waals surface area contributed by atoms with Gasteiger partial charge < -0.3 is 5.11 Å². The Morgan fingerprint density at radius 3 is 2.88 bits per heavy atom. The molecule has 1 N–H and O–H groups in total. The summed E-state index contributed by atoms with van der Waals surface area (Å²) >= 11 is 5.13. The van der Waals surface area contributed by atoms with E-state index < -0.39 is 0 Å². The Morgan fingerprint density at radius 1 is 1.29 bits per heavy atom. The number of halogens is 1. The van der Waals surface area contributed by atoms with Crippen LogP contribution in [0.4, 0.5) is 0 Å². The van der Waals surface area contributed by atoms with Crippen LogP contribution in [-0.4, -0.2) is 5.11 Å². The minimum Gasteiger partial charge on any atom is -0.387 e. The van der Waals surface area contributed by atoms with Gasteiger partial charge >= 0.3 is 0 Å². The van der Waals surface area contributed by atoms with Gasteiger partial charge in [0.05, 0.1) is 6.10 Å². The molecule has 17 heavy (non-hydrogen) atoms. The van der Waals surface area contributed by atoms with Gasteiger partial charge in [0.15, 0.2) is 0 Å². The van der Waals surface area contributed by atoms with E-state index >= 15 is 0 Å². The molecule has 0 radical (unpaired) electrons. The summed E-state index contributed by atoms with van der Waals surface area (Å²) in [5, 5.41) is 12.5. The fraction of sp³-hybridized carbons (Fsp3) is 0.286.